The fraction of sp³-hybridized carbons (Fsp3) is 0.357. The fourth-order valence-electron chi connectivity index (χ4n) is 2.41. The molecule has 1 saturated heterocycles. The van der Waals surface area contributed by atoms with Crippen LogP contribution in [0.15, 0.2) is 35.8 Å². The van der Waals surface area contributed by atoms with Gasteiger partial charge >= 0.3 is 0 Å². The molecule has 18 heavy (non-hydrogen) atoms. The lowest BCUT2D eigenvalue weighted by Gasteiger charge is -2.21. The molecule has 2 aromatic rings. The summed E-state index contributed by atoms with van der Waals surface area (Å²) in [5.74, 6) is 0. The topological polar surface area (TPSA) is 28.2 Å². The first-order chi connectivity index (χ1) is 8.93. The minimum absolute atomic E-state index is 0.847. The first-order valence-corrected chi connectivity index (χ1v) is 7.28. The highest BCUT2D eigenvalue weighted by atomic mass is 32.1. The van der Waals surface area contributed by atoms with E-state index >= 15 is 0 Å². The monoisotopic (exact) mass is 259 g/mol. The van der Waals surface area contributed by atoms with Crippen LogP contribution in [0.5, 0.6) is 0 Å². The van der Waals surface area contributed by atoms with Crippen molar-refractivity contribution in [2.24, 2.45) is 0 Å². The minimum Gasteiger partial charge on any atom is -0.371 e. The van der Waals surface area contributed by atoms with Crippen LogP contribution in [-0.2, 0) is 6.54 Å². The molecule has 1 aromatic carbocycles. The van der Waals surface area contributed by atoms with Gasteiger partial charge in [0.05, 0.1) is 0 Å². The van der Waals surface area contributed by atoms with E-state index in [4.69, 9.17) is 0 Å². The van der Waals surface area contributed by atoms with Crippen LogP contribution < -0.4 is 10.2 Å². The van der Waals surface area contributed by atoms with Gasteiger partial charge in [0.2, 0.25) is 0 Å². The van der Waals surface area contributed by atoms with Gasteiger partial charge in [-0.15, -0.1) is 11.3 Å². The molecule has 0 unspecified atom stereocenters. The van der Waals surface area contributed by atoms with Gasteiger partial charge < -0.3 is 10.2 Å². The molecule has 2 heterocycles. The van der Waals surface area contributed by atoms with E-state index in [9.17, 15) is 0 Å². The van der Waals surface area contributed by atoms with Gasteiger partial charge in [-0.1, -0.05) is 18.2 Å². The maximum Gasteiger partial charge on any atom is 0.182 e. The van der Waals surface area contributed by atoms with E-state index < -0.39 is 0 Å². The molecule has 0 radical (unpaired) electrons. The number of nitrogens with zero attached hydrogens (tertiary/aromatic N) is 2. The van der Waals surface area contributed by atoms with Crippen molar-refractivity contribution in [1.82, 2.24) is 4.98 Å². The Bertz CT molecular complexity index is 490. The number of anilines is 2. The number of benzene rings is 1. The van der Waals surface area contributed by atoms with Crippen LogP contribution in [0.4, 0.5) is 10.8 Å². The molecule has 0 aliphatic carbocycles. The van der Waals surface area contributed by atoms with Crippen LogP contribution in [0.25, 0.3) is 0 Å². The van der Waals surface area contributed by atoms with Crippen molar-refractivity contribution in [3.8, 4) is 0 Å². The summed E-state index contributed by atoms with van der Waals surface area (Å²) in [4.78, 5) is 6.74. The minimum atomic E-state index is 0.847. The average molecular weight is 259 g/mol. The van der Waals surface area contributed by atoms with E-state index in [1.165, 1.54) is 37.2 Å². The molecule has 3 rings (SSSR count). The van der Waals surface area contributed by atoms with Gasteiger partial charge in [-0.2, -0.15) is 0 Å². The zero-order valence-corrected chi connectivity index (χ0v) is 11.1. The molecule has 0 bridgehead atoms. The van der Waals surface area contributed by atoms with Crippen molar-refractivity contribution >= 4 is 22.2 Å². The molecule has 0 spiro atoms. The summed E-state index contributed by atoms with van der Waals surface area (Å²) in [5, 5.41) is 6.37. The third-order valence-corrected chi connectivity index (χ3v) is 4.03. The summed E-state index contributed by atoms with van der Waals surface area (Å²) in [7, 11) is 0. The molecule has 0 atom stereocenters. The smallest absolute Gasteiger partial charge is 0.182 e. The molecule has 0 saturated carbocycles. The highest BCUT2D eigenvalue weighted by Crippen LogP contribution is 2.25. The standard InChI is InChI=1S/C14H17N3S/c1-2-6-13(17-8-3-4-9-17)12(5-1)11-16-14-15-7-10-18-14/h1-2,5-7,10H,3-4,8-9,11H2,(H,15,16). The quantitative estimate of drug-likeness (QED) is 0.912. The molecule has 4 heteroatoms. The van der Waals surface area contributed by atoms with Crippen LogP contribution in [0.3, 0.4) is 0 Å². The van der Waals surface area contributed by atoms with Crippen molar-refractivity contribution in [1.29, 1.82) is 0 Å². The van der Waals surface area contributed by atoms with E-state index in [2.05, 4.69) is 39.5 Å². The summed E-state index contributed by atoms with van der Waals surface area (Å²) < 4.78 is 0. The highest BCUT2D eigenvalue weighted by molar-refractivity contribution is 7.13. The number of para-hydroxylation sites is 1. The molecule has 1 aromatic heterocycles. The van der Waals surface area contributed by atoms with Gasteiger partial charge in [0.25, 0.3) is 0 Å². The Hall–Kier alpha value is -1.55. The van der Waals surface area contributed by atoms with Crippen LogP contribution in [0, 0.1) is 0 Å². The second-order valence-electron chi connectivity index (χ2n) is 4.51. The maximum atomic E-state index is 4.25. The Morgan fingerprint density at radius 1 is 1.22 bits per heavy atom. The predicted molar refractivity (Wildman–Crippen MR) is 77.3 cm³/mol. The van der Waals surface area contributed by atoms with E-state index in [-0.39, 0.29) is 0 Å². The van der Waals surface area contributed by atoms with Crippen molar-refractivity contribution in [2.45, 2.75) is 19.4 Å². The summed E-state index contributed by atoms with van der Waals surface area (Å²) in [6, 6.07) is 8.66. The molecular formula is C14H17N3S. The number of hydrogen-bond donors (Lipinski definition) is 1. The van der Waals surface area contributed by atoms with Crippen molar-refractivity contribution < 1.29 is 0 Å². The summed E-state index contributed by atoms with van der Waals surface area (Å²) in [6.07, 6.45) is 4.46. The lowest BCUT2D eigenvalue weighted by Crippen LogP contribution is -2.19. The Morgan fingerprint density at radius 3 is 2.83 bits per heavy atom. The van der Waals surface area contributed by atoms with Crippen LogP contribution >= 0.6 is 11.3 Å². The van der Waals surface area contributed by atoms with E-state index in [1.807, 2.05) is 11.6 Å². The predicted octanol–water partition coefficient (Wildman–Crippen LogP) is 3.36. The second kappa shape index (κ2) is 5.40. The van der Waals surface area contributed by atoms with Gasteiger partial charge in [0.15, 0.2) is 5.13 Å². The SMILES string of the molecule is c1ccc(N2CCCC2)c(CNc2nccs2)c1. The normalized spacial score (nSPS) is 15.0. The molecule has 0 amide bonds. The van der Waals surface area contributed by atoms with Crippen molar-refractivity contribution in [2.75, 3.05) is 23.3 Å². The molecular weight excluding hydrogens is 242 g/mol. The van der Waals surface area contributed by atoms with E-state index in [0.29, 0.717) is 0 Å². The van der Waals surface area contributed by atoms with Gasteiger partial charge in [0.1, 0.15) is 0 Å². The van der Waals surface area contributed by atoms with E-state index in [1.54, 1.807) is 11.3 Å². The Morgan fingerprint density at radius 2 is 2.06 bits per heavy atom. The summed E-state index contributed by atoms with van der Waals surface area (Å²) in [6.45, 7) is 3.22. The van der Waals surface area contributed by atoms with Crippen molar-refractivity contribution in [3.63, 3.8) is 0 Å². The Kier molecular flexibility index (Phi) is 3.46. The zero-order chi connectivity index (χ0) is 12.2. The van der Waals surface area contributed by atoms with Gasteiger partial charge in [0, 0.05) is 36.9 Å². The molecule has 1 fully saturated rings. The van der Waals surface area contributed by atoms with Crippen LogP contribution in [-0.4, -0.2) is 18.1 Å². The molecule has 1 aliphatic rings. The summed E-state index contributed by atoms with van der Waals surface area (Å²) in [5.41, 5.74) is 2.73. The first-order valence-electron chi connectivity index (χ1n) is 6.40. The third kappa shape index (κ3) is 2.48. The average Bonchev–Trinajstić information content (AvgIpc) is 3.10. The first kappa shape index (κ1) is 11.5. The zero-order valence-electron chi connectivity index (χ0n) is 10.3. The molecule has 1 N–H and O–H groups in total. The largest absolute Gasteiger partial charge is 0.371 e. The molecule has 3 nitrogen and oxygen atoms in total. The number of nitrogens with one attached hydrogen (secondary N) is 1. The highest BCUT2D eigenvalue weighted by Gasteiger charge is 2.14. The maximum absolute atomic E-state index is 4.25. The lowest BCUT2D eigenvalue weighted by atomic mass is 10.1. The third-order valence-electron chi connectivity index (χ3n) is 3.30. The van der Waals surface area contributed by atoms with Crippen LogP contribution in [0.1, 0.15) is 18.4 Å². The second-order valence-corrected chi connectivity index (χ2v) is 5.41. The van der Waals surface area contributed by atoms with Crippen molar-refractivity contribution in [3.05, 3.63) is 41.4 Å². The Labute approximate surface area is 111 Å². The van der Waals surface area contributed by atoms with Gasteiger partial charge in [-0.05, 0) is 24.5 Å². The Balaban J connectivity index is 1.74. The number of aromatic nitrogens is 1. The van der Waals surface area contributed by atoms with E-state index in [0.717, 1.165) is 11.7 Å². The number of rotatable bonds is 4. The lowest BCUT2D eigenvalue weighted by molar-refractivity contribution is 0.949. The number of thiazole rings is 1. The van der Waals surface area contributed by atoms with Gasteiger partial charge in [-0.25, -0.2) is 4.98 Å². The number of hydrogen-bond acceptors (Lipinski definition) is 4. The molecule has 1 aliphatic heterocycles. The fourth-order valence-corrected chi connectivity index (χ4v) is 2.94. The molecule has 94 valence electrons. The summed E-state index contributed by atoms with van der Waals surface area (Å²) >= 11 is 1.64. The van der Waals surface area contributed by atoms with Gasteiger partial charge in [-0.3, -0.25) is 0 Å². The van der Waals surface area contributed by atoms with Crippen LogP contribution in [0.2, 0.25) is 0 Å².